The molecule has 0 unspecified atom stereocenters. The Labute approximate surface area is 126 Å². The van der Waals surface area contributed by atoms with Crippen LogP contribution in [0.3, 0.4) is 0 Å². The Morgan fingerprint density at radius 2 is 2.29 bits per heavy atom. The molecule has 0 amide bonds. The van der Waals surface area contributed by atoms with E-state index in [4.69, 9.17) is 5.11 Å². The highest BCUT2D eigenvalue weighted by molar-refractivity contribution is 7.98. The third kappa shape index (κ3) is 3.62. The van der Waals surface area contributed by atoms with Gasteiger partial charge in [0.1, 0.15) is 5.52 Å². The second-order valence-electron chi connectivity index (χ2n) is 4.60. The number of nitrogens with zero attached hydrogens (tertiary/aromatic N) is 2. The highest BCUT2D eigenvalue weighted by Crippen LogP contribution is 2.30. The van der Waals surface area contributed by atoms with Gasteiger partial charge in [-0.05, 0) is 30.9 Å². The van der Waals surface area contributed by atoms with Crippen LogP contribution in [0.25, 0.3) is 10.9 Å². The molecule has 21 heavy (non-hydrogen) atoms. The molecule has 0 saturated carbocycles. The summed E-state index contributed by atoms with van der Waals surface area (Å²) < 4.78 is 0. The summed E-state index contributed by atoms with van der Waals surface area (Å²) >= 11 is 1.68. The third-order valence-electron chi connectivity index (χ3n) is 3.15. The molecule has 0 aliphatic rings. The number of aliphatic hydroxyl groups excluding tert-OH is 1. The summed E-state index contributed by atoms with van der Waals surface area (Å²) in [4.78, 5) is 14.9. The normalized spacial score (nSPS) is 12.3. The molecule has 112 valence electrons. The Morgan fingerprint density at radius 3 is 2.95 bits per heavy atom. The number of nitro groups is 1. The van der Waals surface area contributed by atoms with E-state index >= 15 is 0 Å². The molecular weight excluding hydrogens is 290 g/mol. The summed E-state index contributed by atoms with van der Waals surface area (Å²) in [5.74, 6) is 0.839. The Balaban J connectivity index is 2.40. The second-order valence-corrected chi connectivity index (χ2v) is 5.51. The first-order valence-corrected chi connectivity index (χ1v) is 7.95. The fourth-order valence-corrected chi connectivity index (χ4v) is 2.86. The number of thioether (sulfide) groups is 1. The molecule has 2 N–H and O–H groups in total. The maximum atomic E-state index is 11.1. The molecule has 1 heterocycles. The number of benzene rings is 1. The number of pyridine rings is 1. The number of aromatic nitrogens is 1. The molecule has 2 rings (SSSR count). The van der Waals surface area contributed by atoms with Gasteiger partial charge in [-0.3, -0.25) is 15.1 Å². The minimum atomic E-state index is -0.402. The third-order valence-corrected chi connectivity index (χ3v) is 3.88. The molecule has 6 nitrogen and oxygen atoms in total. The zero-order valence-electron chi connectivity index (χ0n) is 11.7. The van der Waals surface area contributed by atoms with Gasteiger partial charge in [-0.2, -0.15) is 11.8 Å². The van der Waals surface area contributed by atoms with E-state index in [2.05, 4.69) is 10.3 Å². The van der Waals surface area contributed by atoms with Crippen LogP contribution in [0, 0.1) is 10.1 Å². The van der Waals surface area contributed by atoms with Crippen LogP contribution >= 0.6 is 11.8 Å². The highest BCUT2D eigenvalue weighted by Gasteiger charge is 2.16. The number of hydrogen-bond donors (Lipinski definition) is 2. The van der Waals surface area contributed by atoms with Gasteiger partial charge < -0.3 is 10.4 Å². The average Bonchev–Trinajstić information content (AvgIpc) is 2.47. The van der Waals surface area contributed by atoms with Crippen LogP contribution in [0.2, 0.25) is 0 Å². The maximum absolute atomic E-state index is 11.1. The van der Waals surface area contributed by atoms with E-state index in [0.29, 0.717) is 17.3 Å². The summed E-state index contributed by atoms with van der Waals surface area (Å²) in [6, 6.07) is 6.64. The molecule has 0 saturated heterocycles. The fourth-order valence-electron chi connectivity index (χ4n) is 2.21. The Hall–Kier alpha value is -1.86. The Bertz CT molecular complexity index is 630. The van der Waals surface area contributed by atoms with Crippen LogP contribution in [0.4, 0.5) is 11.4 Å². The minimum Gasteiger partial charge on any atom is -0.396 e. The number of nitrogens with one attached hydrogen (secondary N) is 1. The summed E-state index contributed by atoms with van der Waals surface area (Å²) in [5.41, 5.74) is 1.38. The van der Waals surface area contributed by atoms with Crippen molar-refractivity contribution in [2.24, 2.45) is 0 Å². The lowest BCUT2D eigenvalue weighted by Gasteiger charge is -2.19. The van der Waals surface area contributed by atoms with E-state index in [9.17, 15) is 10.1 Å². The lowest BCUT2D eigenvalue weighted by Crippen LogP contribution is -2.23. The van der Waals surface area contributed by atoms with Crippen molar-refractivity contribution in [3.05, 3.63) is 40.6 Å². The number of non-ortho nitro benzene ring substituents is 1. The largest absolute Gasteiger partial charge is 0.396 e. The van der Waals surface area contributed by atoms with Gasteiger partial charge in [0.2, 0.25) is 0 Å². The molecule has 1 aromatic carbocycles. The SMILES string of the molecule is CSC[C@H](CCO)Nc1ccc([N+](=O)[O-])c2cccnc12. The van der Waals surface area contributed by atoms with Crippen molar-refractivity contribution in [1.29, 1.82) is 0 Å². The van der Waals surface area contributed by atoms with Crippen molar-refractivity contribution in [1.82, 2.24) is 4.98 Å². The van der Waals surface area contributed by atoms with Crippen molar-refractivity contribution < 1.29 is 10.0 Å². The summed E-state index contributed by atoms with van der Waals surface area (Å²) in [5, 5.41) is 24.0. The molecule has 0 spiro atoms. The monoisotopic (exact) mass is 307 g/mol. The van der Waals surface area contributed by atoms with Crippen LogP contribution in [-0.4, -0.2) is 39.7 Å². The molecule has 1 aromatic heterocycles. The Kier molecular flexibility index (Phi) is 5.35. The van der Waals surface area contributed by atoms with Crippen molar-refractivity contribution in [2.75, 3.05) is 23.9 Å². The van der Waals surface area contributed by atoms with E-state index in [0.717, 1.165) is 11.4 Å². The predicted octanol–water partition coefficient (Wildman–Crippen LogP) is 2.67. The molecule has 0 fully saturated rings. The van der Waals surface area contributed by atoms with E-state index in [1.54, 1.807) is 36.2 Å². The molecule has 0 aliphatic carbocycles. The summed E-state index contributed by atoms with van der Waals surface area (Å²) in [6.07, 6.45) is 4.23. The molecule has 0 radical (unpaired) electrons. The number of fused-ring (bicyclic) bond motifs is 1. The van der Waals surface area contributed by atoms with Crippen LogP contribution in [0.15, 0.2) is 30.5 Å². The van der Waals surface area contributed by atoms with Crippen LogP contribution in [0.1, 0.15) is 6.42 Å². The second kappa shape index (κ2) is 7.24. The number of nitro benzene ring substituents is 1. The van der Waals surface area contributed by atoms with Gasteiger partial charge in [-0.1, -0.05) is 0 Å². The lowest BCUT2D eigenvalue weighted by molar-refractivity contribution is -0.383. The van der Waals surface area contributed by atoms with Crippen LogP contribution in [0.5, 0.6) is 0 Å². The lowest BCUT2D eigenvalue weighted by atomic mass is 10.1. The van der Waals surface area contributed by atoms with Crippen LogP contribution < -0.4 is 5.32 Å². The summed E-state index contributed by atoms with van der Waals surface area (Å²) in [6.45, 7) is 0.0938. The van der Waals surface area contributed by atoms with E-state index in [-0.39, 0.29) is 18.3 Å². The van der Waals surface area contributed by atoms with Gasteiger partial charge in [0.25, 0.3) is 5.69 Å². The zero-order chi connectivity index (χ0) is 15.2. The fraction of sp³-hybridized carbons (Fsp3) is 0.357. The number of anilines is 1. The first kappa shape index (κ1) is 15.5. The molecular formula is C14H17N3O3S. The zero-order valence-corrected chi connectivity index (χ0v) is 12.5. The number of rotatable bonds is 7. The van der Waals surface area contributed by atoms with E-state index in [1.807, 2.05) is 6.26 Å². The van der Waals surface area contributed by atoms with Gasteiger partial charge in [-0.25, -0.2) is 0 Å². The predicted molar refractivity (Wildman–Crippen MR) is 85.9 cm³/mol. The van der Waals surface area contributed by atoms with E-state index in [1.165, 1.54) is 6.07 Å². The van der Waals surface area contributed by atoms with Crippen LogP contribution in [-0.2, 0) is 0 Å². The van der Waals surface area contributed by atoms with Crippen molar-refractivity contribution in [3.63, 3.8) is 0 Å². The van der Waals surface area contributed by atoms with Crippen molar-refractivity contribution >= 4 is 34.0 Å². The standard InChI is InChI=1S/C14H17N3O3S/c1-21-9-10(6-8-18)16-12-4-5-13(17(19)20)11-3-2-7-15-14(11)12/h2-5,7,10,16,18H,6,8-9H2,1H3/t10-/m0/s1. The van der Waals surface area contributed by atoms with Gasteiger partial charge in [0, 0.05) is 30.7 Å². The molecule has 7 heteroatoms. The summed E-state index contributed by atoms with van der Waals surface area (Å²) in [7, 11) is 0. The first-order valence-electron chi connectivity index (χ1n) is 6.55. The number of hydrogen-bond acceptors (Lipinski definition) is 6. The maximum Gasteiger partial charge on any atom is 0.278 e. The van der Waals surface area contributed by atoms with Gasteiger partial charge in [-0.15, -0.1) is 0 Å². The molecule has 0 bridgehead atoms. The minimum absolute atomic E-state index is 0.0484. The first-order chi connectivity index (χ1) is 10.2. The van der Waals surface area contributed by atoms with Gasteiger partial charge >= 0.3 is 0 Å². The topological polar surface area (TPSA) is 88.3 Å². The van der Waals surface area contributed by atoms with Crippen molar-refractivity contribution in [3.8, 4) is 0 Å². The smallest absolute Gasteiger partial charge is 0.278 e. The van der Waals surface area contributed by atoms with Gasteiger partial charge in [0.05, 0.1) is 16.0 Å². The highest BCUT2D eigenvalue weighted by atomic mass is 32.2. The van der Waals surface area contributed by atoms with Crippen molar-refractivity contribution in [2.45, 2.75) is 12.5 Å². The Morgan fingerprint density at radius 1 is 1.48 bits per heavy atom. The quantitative estimate of drug-likeness (QED) is 0.604. The molecule has 2 aromatic rings. The average molecular weight is 307 g/mol. The van der Waals surface area contributed by atoms with Gasteiger partial charge in [0.15, 0.2) is 0 Å². The van der Waals surface area contributed by atoms with E-state index < -0.39 is 4.92 Å². The molecule has 0 aliphatic heterocycles. The molecule has 1 atom stereocenters. The number of aliphatic hydroxyl groups is 1.